The Hall–Kier alpha value is -3.13. The average Bonchev–Trinajstić information content (AvgIpc) is 3.13. The molecule has 0 bridgehead atoms. The molecule has 0 unspecified atom stereocenters. The lowest BCUT2D eigenvalue weighted by molar-refractivity contribution is -0.113. The van der Waals surface area contributed by atoms with Gasteiger partial charge in [-0.2, -0.15) is 0 Å². The lowest BCUT2D eigenvalue weighted by Gasteiger charge is -2.09. The fourth-order valence-corrected chi connectivity index (χ4v) is 3.40. The highest BCUT2D eigenvalue weighted by molar-refractivity contribution is 7.99. The number of nitrogens with zero attached hydrogens (tertiary/aromatic N) is 3. The van der Waals surface area contributed by atoms with E-state index in [1.807, 2.05) is 31.3 Å². The Bertz CT molecular complexity index is 985. The predicted molar refractivity (Wildman–Crippen MR) is 115 cm³/mol. The number of anilines is 2. The summed E-state index contributed by atoms with van der Waals surface area (Å²) < 4.78 is 1.75. The standard InChI is InChI=1S/C21H23N5O2S/c1-3-5-15-8-10-17(11-9-15)24-20(28)16-6-4-7-18(12-16)23-19(27)13-29-21-25-22-14-26(21)2/h4,6-12,14H,3,5,13H2,1-2H3,(H,23,27)(H,24,28). The van der Waals surface area contributed by atoms with Gasteiger partial charge in [0.1, 0.15) is 6.33 Å². The molecular formula is C21H23N5O2S. The zero-order valence-electron chi connectivity index (χ0n) is 16.4. The normalized spacial score (nSPS) is 10.6. The van der Waals surface area contributed by atoms with Crippen molar-refractivity contribution in [2.24, 2.45) is 7.05 Å². The molecule has 0 aliphatic carbocycles. The number of nitrogens with one attached hydrogen (secondary N) is 2. The monoisotopic (exact) mass is 409 g/mol. The highest BCUT2D eigenvalue weighted by Crippen LogP contribution is 2.17. The van der Waals surface area contributed by atoms with Crippen LogP contribution in [0.1, 0.15) is 29.3 Å². The molecule has 3 aromatic rings. The minimum Gasteiger partial charge on any atom is -0.325 e. The summed E-state index contributed by atoms with van der Waals surface area (Å²) in [7, 11) is 1.82. The van der Waals surface area contributed by atoms with Crippen LogP contribution in [-0.2, 0) is 18.3 Å². The Balaban J connectivity index is 1.57. The average molecular weight is 410 g/mol. The van der Waals surface area contributed by atoms with Crippen molar-refractivity contribution < 1.29 is 9.59 Å². The van der Waals surface area contributed by atoms with Gasteiger partial charge in [0.25, 0.3) is 5.91 Å². The van der Waals surface area contributed by atoms with Gasteiger partial charge in [0.15, 0.2) is 5.16 Å². The smallest absolute Gasteiger partial charge is 0.255 e. The van der Waals surface area contributed by atoms with Gasteiger partial charge < -0.3 is 15.2 Å². The quantitative estimate of drug-likeness (QED) is 0.553. The van der Waals surface area contributed by atoms with Gasteiger partial charge in [0.05, 0.1) is 5.75 Å². The van der Waals surface area contributed by atoms with Crippen LogP contribution in [0.4, 0.5) is 11.4 Å². The van der Waals surface area contributed by atoms with Crippen molar-refractivity contribution in [1.29, 1.82) is 0 Å². The molecule has 29 heavy (non-hydrogen) atoms. The molecule has 1 aromatic heterocycles. The molecule has 0 fully saturated rings. The van der Waals surface area contributed by atoms with Crippen molar-refractivity contribution in [1.82, 2.24) is 14.8 Å². The third kappa shape index (κ3) is 5.92. The van der Waals surface area contributed by atoms with E-state index in [2.05, 4.69) is 27.8 Å². The number of benzene rings is 2. The van der Waals surface area contributed by atoms with Gasteiger partial charge in [0.2, 0.25) is 5.91 Å². The van der Waals surface area contributed by atoms with Gasteiger partial charge in [-0.05, 0) is 42.3 Å². The topological polar surface area (TPSA) is 88.9 Å². The van der Waals surface area contributed by atoms with Crippen LogP contribution >= 0.6 is 11.8 Å². The van der Waals surface area contributed by atoms with Crippen LogP contribution in [-0.4, -0.2) is 32.3 Å². The maximum atomic E-state index is 12.5. The molecule has 7 nitrogen and oxygen atoms in total. The Labute approximate surface area is 173 Å². The highest BCUT2D eigenvalue weighted by Gasteiger charge is 2.10. The van der Waals surface area contributed by atoms with E-state index in [4.69, 9.17) is 0 Å². The molecule has 2 aromatic carbocycles. The number of carbonyl (C=O) groups is 2. The Morgan fingerprint density at radius 2 is 1.86 bits per heavy atom. The number of aromatic nitrogens is 3. The molecule has 0 spiro atoms. The maximum absolute atomic E-state index is 12.5. The molecule has 0 radical (unpaired) electrons. The van der Waals surface area contributed by atoms with Gasteiger partial charge in [-0.25, -0.2) is 0 Å². The fourth-order valence-electron chi connectivity index (χ4n) is 2.72. The first-order valence-electron chi connectivity index (χ1n) is 9.32. The molecule has 1 heterocycles. The zero-order valence-corrected chi connectivity index (χ0v) is 17.2. The first-order chi connectivity index (χ1) is 14.0. The van der Waals surface area contributed by atoms with Gasteiger partial charge >= 0.3 is 0 Å². The largest absolute Gasteiger partial charge is 0.325 e. The minimum absolute atomic E-state index is 0.179. The number of hydrogen-bond donors (Lipinski definition) is 2. The van der Waals surface area contributed by atoms with E-state index in [1.165, 1.54) is 17.3 Å². The summed E-state index contributed by atoms with van der Waals surface area (Å²) in [6.07, 6.45) is 3.69. The van der Waals surface area contributed by atoms with Crippen molar-refractivity contribution in [2.45, 2.75) is 24.9 Å². The van der Waals surface area contributed by atoms with Crippen molar-refractivity contribution in [2.75, 3.05) is 16.4 Å². The summed E-state index contributed by atoms with van der Waals surface area (Å²) in [5, 5.41) is 14.1. The van der Waals surface area contributed by atoms with Gasteiger partial charge in [-0.1, -0.05) is 43.3 Å². The number of thioether (sulfide) groups is 1. The van der Waals surface area contributed by atoms with E-state index >= 15 is 0 Å². The second-order valence-electron chi connectivity index (χ2n) is 6.54. The van der Waals surface area contributed by atoms with E-state index in [-0.39, 0.29) is 17.6 Å². The molecule has 0 aliphatic heterocycles. The van der Waals surface area contributed by atoms with Crippen LogP contribution < -0.4 is 10.6 Å². The Kier molecular flexibility index (Phi) is 7.02. The molecule has 0 aliphatic rings. The zero-order chi connectivity index (χ0) is 20.6. The predicted octanol–water partition coefficient (Wildman–Crippen LogP) is 3.75. The third-order valence-corrected chi connectivity index (χ3v) is 5.20. The van der Waals surface area contributed by atoms with Gasteiger partial charge in [0, 0.05) is 24.0 Å². The SMILES string of the molecule is CCCc1ccc(NC(=O)c2cccc(NC(=O)CSc3nncn3C)c2)cc1. The molecule has 0 saturated carbocycles. The van der Waals surface area contributed by atoms with Crippen LogP contribution in [0.25, 0.3) is 0 Å². The van der Waals surface area contributed by atoms with Crippen LogP contribution in [0.2, 0.25) is 0 Å². The van der Waals surface area contributed by atoms with E-state index < -0.39 is 0 Å². The van der Waals surface area contributed by atoms with E-state index in [9.17, 15) is 9.59 Å². The molecule has 8 heteroatoms. The summed E-state index contributed by atoms with van der Waals surface area (Å²) in [6.45, 7) is 2.13. The lowest BCUT2D eigenvalue weighted by Crippen LogP contribution is -2.16. The second kappa shape index (κ2) is 9.88. The Morgan fingerprint density at radius 1 is 1.07 bits per heavy atom. The fraction of sp³-hybridized carbons (Fsp3) is 0.238. The van der Waals surface area contributed by atoms with Crippen molar-refractivity contribution >= 4 is 35.0 Å². The molecular weight excluding hydrogens is 386 g/mol. The number of rotatable bonds is 8. The first kappa shape index (κ1) is 20.6. The first-order valence-corrected chi connectivity index (χ1v) is 10.3. The molecule has 150 valence electrons. The summed E-state index contributed by atoms with van der Waals surface area (Å²) >= 11 is 1.30. The van der Waals surface area contributed by atoms with Crippen LogP contribution in [0.15, 0.2) is 60.0 Å². The van der Waals surface area contributed by atoms with Crippen LogP contribution in [0.3, 0.4) is 0 Å². The molecule has 2 amide bonds. The van der Waals surface area contributed by atoms with Crippen molar-refractivity contribution in [3.05, 3.63) is 66.0 Å². The third-order valence-electron chi connectivity index (χ3n) is 4.16. The molecule has 2 N–H and O–H groups in total. The molecule has 3 rings (SSSR count). The number of carbonyl (C=O) groups excluding carboxylic acids is 2. The molecule has 0 saturated heterocycles. The van der Waals surface area contributed by atoms with Crippen molar-refractivity contribution in [3.63, 3.8) is 0 Å². The van der Waals surface area contributed by atoms with Gasteiger partial charge in [-0.3, -0.25) is 9.59 Å². The van der Waals surface area contributed by atoms with E-state index in [1.54, 1.807) is 35.2 Å². The van der Waals surface area contributed by atoms with Crippen LogP contribution in [0, 0.1) is 0 Å². The summed E-state index contributed by atoms with van der Waals surface area (Å²) in [4.78, 5) is 24.7. The summed E-state index contributed by atoms with van der Waals surface area (Å²) in [5.74, 6) is -0.201. The summed E-state index contributed by atoms with van der Waals surface area (Å²) in [6, 6.07) is 14.7. The minimum atomic E-state index is -0.224. The highest BCUT2D eigenvalue weighted by atomic mass is 32.2. The number of hydrogen-bond acceptors (Lipinski definition) is 5. The lowest BCUT2D eigenvalue weighted by atomic mass is 10.1. The Morgan fingerprint density at radius 3 is 2.55 bits per heavy atom. The molecule has 0 atom stereocenters. The number of aryl methyl sites for hydroxylation is 2. The van der Waals surface area contributed by atoms with Crippen LogP contribution in [0.5, 0.6) is 0 Å². The van der Waals surface area contributed by atoms with Gasteiger partial charge in [-0.15, -0.1) is 10.2 Å². The van der Waals surface area contributed by atoms with E-state index in [0.29, 0.717) is 16.4 Å². The number of amides is 2. The van der Waals surface area contributed by atoms with E-state index in [0.717, 1.165) is 18.5 Å². The van der Waals surface area contributed by atoms with Crippen molar-refractivity contribution in [3.8, 4) is 0 Å². The summed E-state index contributed by atoms with van der Waals surface area (Å²) in [5.41, 5.74) is 3.03. The second-order valence-corrected chi connectivity index (χ2v) is 7.49. The maximum Gasteiger partial charge on any atom is 0.255 e.